The van der Waals surface area contributed by atoms with Crippen LogP contribution in [0.15, 0.2) is 54.6 Å². The van der Waals surface area contributed by atoms with E-state index >= 15 is 0 Å². The maximum Gasteiger partial charge on any atom is 0.327 e. The van der Waals surface area contributed by atoms with Gasteiger partial charge in [0.15, 0.2) is 18.1 Å². The Kier molecular flexibility index (Phi) is 11.1. The molecule has 11 unspecified atom stereocenters. The monoisotopic (exact) mass is 821 g/mol. The average molecular weight is 822 g/mol. The number of aliphatic hydroxyl groups is 5. The number of amides is 2. The van der Waals surface area contributed by atoms with Gasteiger partial charge in [-0.05, 0) is 54.5 Å². The van der Waals surface area contributed by atoms with Crippen LogP contribution >= 0.6 is 0 Å². The van der Waals surface area contributed by atoms with Crippen LogP contribution in [0.3, 0.4) is 0 Å². The zero-order valence-corrected chi connectivity index (χ0v) is 32.3. The van der Waals surface area contributed by atoms with E-state index in [1.54, 1.807) is 41.5 Å². The molecule has 9 rings (SSSR count). The van der Waals surface area contributed by atoms with E-state index in [2.05, 4.69) is 10.6 Å². The number of ether oxygens (including phenoxy) is 5. The lowest BCUT2D eigenvalue weighted by molar-refractivity contribution is -0.298. The molecule has 59 heavy (non-hydrogen) atoms. The average Bonchev–Trinajstić information content (AvgIpc) is 4.19. The summed E-state index contributed by atoms with van der Waals surface area (Å²) in [5, 5.41) is 56.2. The minimum absolute atomic E-state index is 0.0222. The van der Waals surface area contributed by atoms with Gasteiger partial charge in [0, 0.05) is 36.9 Å². The number of aliphatic hydroxyl groups excluding tert-OH is 5. The van der Waals surface area contributed by atoms with Crippen LogP contribution in [0.1, 0.15) is 59.2 Å². The third-order valence-electron chi connectivity index (χ3n) is 12.8. The number of hydrogen-bond acceptors (Lipinski definition) is 15. The topological polar surface area (TPSA) is 235 Å². The van der Waals surface area contributed by atoms with Crippen LogP contribution in [0.25, 0.3) is 6.08 Å². The Bertz CT molecular complexity index is 1930. The van der Waals surface area contributed by atoms with E-state index in [0.29, 0.717) is 11.1 Å². The van der Waals surface area contributed by atoms with E-state index < -0.39 is 84.9 Å². The summed E-state index contributed by atoms with van der Waals surface area (Å²) in [5.41, 5.74) is 1.21. The molecule has 4 heterocycles. The van der Waals surface area contributed by atoms with E-state index in [-0.39, 0.29) is 62.9 Å². The highest BCUT2D eigenvalue weighted by molar-refractivity contribution is 5.95. The quantitative estimate of drug-likeness (QED) is 0.114. The molecule has 7 aliphatic rings. The zero-order valence-electron chi connectivity index (χ0n) is 32.3. The molecule has 3 aliphatic carbocycles. The van der Waals surface area contributed by atoms with Crippen LogP contribution in [0.5, 0.6) is 0 Å². The SMILES string of the molecule is O=C(NCCO)c1cccc(CNC(=O)C23CC4OC(=O)C2N(Cc2cccc(C=CCOC5OC(CO)C(O)C(O)C5O)c2)OC3C2OC(C3CC3)(C3CC3)OC42)c1. The Morgan fingerprint density at radius 1 is 0.915 bits per heavy atom. The van der Waals surface area contributed by atoms with Crippen molar-refractivity contribution in [2.75, 3.05) is 26.4 Å². The van der Waals surface area contributed by atoms with Gasteiger partial charge in [-0.15, -0.1) is 0 Å². The fourth-order valence-corrected chi connectivity index (χ4v) is 9.62. The largest absolute Gasteiger partial charge is 0.458 e. The zero-order chi connectivity index (χ0) is 41.1. The summed E-state index contributed by atoms with van der Waals surface area (Å²) in [4.78, 5) is 48.4. The predicted molar refractivity (Wildman–Crippen MR) is 202 cm³/mol. The van der Waals surface area contributed by atoms with E-state index in [0.717, 1.165) is 36.8 Å². The van der Waals surface area contributed by atoms with Crippen molar-refractivity contribution < 1.29 is 68.4 Å². The van der Waals surface area contributed by atoms with E-state index in [1.165, 1.54) is 0 Å². The first-order valence-corrected chi connectivity index (χ1v) is 20.5. The first kappa shape index (κ1) is 40.6. The highest BCUT2D eigenvalue weighted by Gasteiger charge is 2.78. The van der Waals surface area contributed by atoms with Crippen molar-refractivity contribution in [1.29, 1.82) is 0 Å². The highest BCUT2D eigenvalue weighted by atomic mass is 16.8. The summed E-state index contributed by atoms with van der Waals surface area (Å²) < 4.78 is 30.9. The molecule has 11 atom stereocenters. The van der Waals surface area contributed by atoms with E-state index in [1.807, 2.05) is 24.3 Å². The lowest BCUT2D eigenvalue weighted by Gasteiger charge is -2.48. The minimum atomic E-state index is -1.55. The predicted octanol–water partition coefficient (Wildman–Crippen LogP) is -0.345. The summed E-state index contributed by atoms with van der Waals surface area (Å²) in [7, 11) is 0. The third-order valence-corrected chi connectivity index (χ3v) is 12.8. The Labute approximate surface area is 340 Å². The van der Waals surface area contributed by atoms with Gasteiger partial charge >= 0.3 is 5.97 Å². The van der Waals surface area contributed by atoms with Crippen LogP contribution < -0.4 is 10.6 Å². The van der Waals surface area contributed by atoms with Crippen molar-refractivity contribution in [3.8, 4) is 0 Å². The van der Waals surface area contributed by atoms with Gasteiger partial charge in [0.1, 0.15) is 54.2 Å². The standard InChI is InChI=1S/C42H51N3O14/c46-14-13-43-37(51)25-8-2-5-23(17-25)19-44-40(53)41-18-28-33-34(58-42(57-33,26-9-10-26)27-11-12-27)36(41)59-45(35(41)38(52)55-28)20-24-6-1-4-22(16-24)7-3-15-54-39-32(50)31(49)30(48)29(21-47)56-39/h1-8,16-17,26-36,39,46-50H,9-15,18-21H2,(H,43,51)(H,44,53). The van der Waals surface area contributed by atoms with Gasteiger partial charge in [0.2, 0.25) is 5.91 Å². The molecule has 3 saturated carbocycles. The molecule has 4 aliphatic heterocycles. The second kappa shape index (κ2) is 16.2. The maximum atomic E-state index is 14.8. The Morgan fingerprint density at radius 3 is 2.41 bits per heavy atom. The van der Waals surface area contributed by atoms with Gasteiger partial charge in [0.25, 0.3) is 5.91 Å². The lowest BCUT2D eigenvalue weighted by Crippen LogP contribution is -2.69. The maximum absolute atomic E-state index is 14.8. The fraction of sp³-hybridized carbons (Fsp3) is 0.595. The van der Waals surface area contributed by atoms with Crippen molar-refractivity contribution in [2.45, 2.75) is 112 Å². The molecule has 2 aromatic carbocycles. The number of nitrogens with one attached hydrogen (secondary N) is 2. The van der Waals surface area contributed by atoms with Crippen molar-refractivity contribution in [3.05, 3.63) is 76.9 Å². The van der Waals surface area contributed by atoms with Gasteiger partial charge in [-0.3, -0.25) is 19.2 Å². The van der Waals surface area contributed by atoms with Gasteiger partial charge in [0.05, 0.1) is 26.4 Å². The molecule has 0 spiro atoms. The first-order chi connectivity index (χ1) is 28.6. The summed E-state index contributed by atoms with van der Waals surface area (Å²) >= 11 is 0. The number of carbonyl (C=O) groups excluding carboxylic acids is 3. The lowest BCUT2D eigenvalue weighted by atomic mass is 9.62. The molecule has 7 fully saturated rings. The smallest absolute Gasteiger partial charge is 0.327 e. The molecule has 7 N–H and O–H groups in total. The third kappa shape index (κ3) is 7.39. The summed E-state index contributed by atoms with van der Waals surface area (Å²) in [6, 6.07) is 13.2. The number of rotatable bonds is 15. The Balaban J connectivity index is 0.944. The molecule has 0 radical (unpaired) electrons. The van der Waals surface area contributed by atoms with Crippen LogP contribution in [0, 0.1) is 17.3 Å². The van der Waals surface area contributed by atoms with E-state index in [9.17, 15) is 34.8 Å². The summed E-state index contributed by atoms with van der Waals surface area (Å²) in [5.74, 6) is -1.66. The summed E-state index contributed by atoms with van der Waals surface area (Å²) in [6.07, 6.45) is -2.19. The minimum Gasteiger partial charge on any atom is -0.458 e. The summed E-state index contributed by atoms with van der Waals surface area (Å²) in [6.45, 7) is -0.464. The highest BCUT2D eigenvalue weighted by Crippen LogP contribution is 2.63. The van der Waals surface area contributed by atoms with Crippen molar-refractivity contribution in [3.63, 3.8) is 0 Å². The number of fused-ring (bicyclic) bond motifs is 4. The number of nitrogens with zero attached hydrogens (tertiary/aromatic N) is 1. The number of hydroxylamine groups is 2. The normalized spacial score (nSPS) is 36.0. The molecule has 2 bridgehead atoms. The molecule has 17 heteroatoms. The molecular formula is C42H51N3O14. The molecule has 4 saturated heterocycles. The Morgan fingerprint density at radius 2 is 1.66 bits per heavy atom. The molecule has 0 aromatic heterocycles. The Hall–Kier alpha value is -3.85. The van der Waals surface area contributed by atoms with Crippen LogP contribution in [-0.4, -0.2) is 142 Å². The van der Waals surface area contributed by atoms with Crippen molar-refractivity contribution in [2.24, 2.45) is 17.3 Å². The van der Waals surface area contributed by atoms with Crippen LogP contribution in [0.2, 0.25) is 0 Å². The molecule has 318 valence electrons. The molecule has 17 nitrogen and oxygen atoms in total. The molecule has 2 amide bonds. The van der Waals surface area contributed by atoms with Crippen LogP contribution in [-0.2, 0) is 51.2 Å². The van der Waals surface area contributed by atoms with Crippen molar-refractivity contribution in [1.82, 2.24) is 15.7 Å². The number of hydrogen-bond donors (Lipinski definition) is 7. The number of benzene rings is 2. The second-order valence-electron chi connectivity index (χ2n) is 16.7. The fourth-order valence-electron chi connectivity index (χ4n) is 9.62. The van der Waals surface area contributed by atoms with Gasteiger partial charge in [-0.1, -0.05) is 48.6 Å². The van der Waals surface area contributed by atoms with Crippen molar-refractivity contribution >= 4 is 23.9 Å². The first-order valence-electron chi connectivity index (χ1n) is 20.5. The van der Waals surface area contributed by atoms with Gasteiger partial charge < -0.3 is 59.9 Å². The second-order valence-corrected chi connectivity index (χ2v) is 16.7. The molecule has 2 aromatic rings. The molecular weight excluding hydrogens is 770 g/mol. The van der Waals surface area contributed by atoms with Gasteiger partial charge in [-0.2, -0.15) is 5.06 Å². The number of esters is 1. The number of carbonyl (C=O) groups is 3. The van der Waals surface area contributed by atoms with Gasteiger partial charge in [-0.25, -0.2) is 0 Å². The van der Waals surface area contributed by atoms with Crippen LogP contribution in [0.4, 0.5) is 0 Å². The van der Waals surface area contributed by atoms with E-state index in [4.69, 9.17) is 33.6 Å².